The van der Waals surface area contributed by atoms with E-state index in [1.165, 1.54) is 5.52 Å². The molecule has 1 aromatic carbocycles. The van der Waals surface area contributed by atoms with Crippen LogP contribution in [0.4, 0.5) is 0 Å². The van der Waals surface area contributed by atoms with Crippen LogP contribution in [-0.4, -0.2) is 16.1 Å². The highest BCUT2D eigenvalue weighted by Gasteiger charge is 2.17. The maximum absolute atomic E-state index is 4.75. The molecule has 1 aromatic heterocycles. The van der Waals surface area contributed by atoms with Crippen LogP contribution in [0.3, 0.4) is 0 Å². The van der Waals surface area contributed by atoms with E-state index >= 15 is 0 Å². The molecule has 0 aliphatic carbocycles. The van der Waals surface area contributed by atoms with E-state index in [-0.39, 0.29) is 6.04 Å². The molecule has 0 saturated heterocycles. The Morgan fingerprint density at radius 1 is 1.24 bits per heavy atom. The first-order valence-corrected chi connectivity index (χ1v) is 6.35. The predicted octanol–water partition coefficient (Wildman–Crippen LogP) is 3.29. The van der Waals surface area contributed by atoms with Crippen LogP contribution in [0.15, 0.2) is 24.3 Å². The Morgan fingerprint density at radius 3 is 2.59 bits per heavy atom. The number of aromatic nitrogens is 2. The van der Waals surface area contributed by atoms with Crippen LogP contribution in [-0.2, 0) is 0 Å². The second-order valence-electron chi connectivity index (χ2n) is 4.70. The Labute approximate surface area is 103 Å². The zero-order valence-corrected chi connectivity index (χ0v) is 11.1. The van der Waals surface area contributed by atoms with Crippen molar-refractivity contribution in [3.05, 3.63) is 30.1 Å². The van der Waals surface area contributed by atoms with Gasteiger partial charge in [-0.3, -0.25) is 0 Å². The van der Waals surface area contributed by atoms with E-state index in [1.807, 2.05) is 6.07 Å². The van der Waals surface area contributed by atoms with E-state index in [0.29, 0.717) is 6.04 Å². The average Bonchev–Trinajstić information content (AvgIpc) is 2.68. The maximum Gasteiger partial charge on any atom is 0.127 e. The third-order valence-electron chi connectivity index (χ3n) is 3.04. The van der Waals surface area contributed by atoms with E-state index < -0.39 is 0 Å². The van der Waals surface area contributed by atoms with Gasteiger partial charge in [-0.1, -0.05) is 19.1 Å². The predicted molar refractivity (Wildman–Crippen MR) is 72.2 cm³/mol. The first-order valence-electron chi connectivity index (χ1n) is 6.35. The number of hydrogen-bond donors (Lipinski definition) is 1. The molecule has 1 unspecified atom stereocenters. The first-order chi connectivity index (χ1) is 8.15. The smallest absolute Gasteiger partial charge is 0.127 e. The van der Waals surface area contributed by atoms with Crippen molar-refractivity contribution >= 4 is 11.0 Å². The van der Waals surface area contributed by atoms with Gasteiger partial charge in [0, 0.05) is 6.04 Å². The molecule has 0 spiro atoms. The second-order valence-corrected chi connectivity index (χ2v) is 4.70. The summed E-state index contributed by atoms with van der Waals surface area (Å²) >= 11 is 0. The van der Waals surface area contributed by atoms with Gasteiger partial charge in [-0.05, 0) is 39.4 Å². The van der Waals surface area contributed by atoms with Crippen molar-refractivity contribution in [2.45, 2.75) is 39.8 Å². The highest BCUT2D eigenvalue weighted by molar-refractivity contribution is 5.76. The van der Waals surface area contributed by atoms with Gasteiger partial charge in [0.05, 0.1) is 17.1 Å². The number of hydrogen-bond acceptors (Lipinski definition) is 2. The van der Waals surface area contributed by atoms with E-state index in [4.69, 9.17) is 4.98 Å². The number of fused-ring (bicyclic) bond motifs is 1. The van der Waals surface area contributed by atoms with Crippen LogP contribution < -0.4 is 5.32 Å². The number of imidazole rings is 1. The van der Waals surface area contributed by atoms with Crippen molar-refractivity contribution in [1.29, 1.82) is 0 Å². The molecule has 2 aromatic rings. The fourth-order valence-electron chi connectivity index (χ4n) is 2.31. The lowest BCUT2D eigenvalue weighted by atomic mass is 10.2. The summed E-state index contributed by atoms with van der Waals surface area (Å²) < 4.78 is 2.32. The Bertz CT molecular complexity index is 499. The number of benzene rings is 1. The van der Waals surface area contributed by atoms with Gasteiger partial charge in [-0.25, -0.2) is 4.98 Å². The van der Waals surface area contributed by atoms with E-state index in [9.17, 15) is 0 Å². The average molecular weight is 231 g/mol. The molecule has 0 radical (unpaired) electrons. The van der Waals surface area contributed by atoms with Gasteiger partial charge in [-0.15, -0.1) is 0 Å². The minimum absolute atomic E-state index is 0.287. The van der Waals surface area contributed by atoms with Crippen LogP contribution >= 0.6 is 0 Å². The first kappa shape index (κ1) is 12.1. The van der Waals surface area contributed by atoms with Gasteiger partial charge in [0.2, 0.25) is 0 Å². The molecule has 0 aliphatic heterocycles. The van der Waals surface area contributed by atoms with Crippen molar-refractivity contribution in [2.24, 2.45) is 0 Å². The Balaban J connectivity index is 2.57. The summed E-state index contributed by atoms with van der Waals surface area (Å²) in [6.45, 7) is 9.66. The van der Waals surface area contributed by atoms with Crippen LogP contribution in [0.1, 0.15) is 45.6 Å². The summed E-state index contributed by atoms with van der Waals surface area (Å²) in [5, 5.41) is 3.43. The third kappa shape index (κ3) is 2.20. The molecule has 92 valence electrons. The molecule has 1 heterocycles. The summed E-state index contributed by atoms with van der Waals surface area (Å²) in [5.41, 5.74) is 2.31. The highest BCUT2D eigenvalue weighted by Crippen LogP contribution is 2.24. The summed E-state index contributed by atoms with van der Waals surface area (Å²) in [6.07, 6.45) is 0. The van der Waals surface area contributed by atoms with Gasteiger partial charge in [0.25, 0.3) is 0 Å². The Hall–Kier alpha value is -1.35. The normalized spacial score (nSPS) is 13.5. The molecule has 0 fully saturated rings. The topological polar surface area (TPSA) is 29.9 Å². The van der Waals surface area contributed by atoms with Crippen molar-refractivity contribution in [2.75, 3.05) is 6.54 Å². The van der Waals surface area contributed by atoms with Gasteiger partial charge in [0.15, 0.2) is 0 Å². The summed E-state index contributed by atoms with van der Waals surface area (Å²) in [6, 6.07) is 9.06. The largest absolute Gasteiger partial charge is 0.324 e. The van der Waals surface area contributed by atoms with Crippen LogP contribution in [0.2, 0.25) is 0 Å². The van der Waals surface area contributed by atoms with Crippen LogP contribution in [0.5, 0.6) is 0 Å². The lowest BCUT2D eigenvalue weighted by Crippen LogP contribution is -2.22. The van der Waals surface area contributed by atoms with Crippen LogP contribution in [0.25, 0.3) is 11.0 Å². The molecule has 0 saturated carbocycles. The van der Waals surface area contributed by atoms with Gasteiger partial charge in [0.1, 0.15) is 5.82 Å². The van der Waals surface area contributed by atoms with E-state index in [0.717, 1.165) is 17.9 Å². The zero-order chi connectivity index (χ0) is 12.4. The molecule has 1 atom stereocenters. The summed E-state index contributed by atoms with van der Waals surface area (Å²) in [5.74, 6) is 1.13. The standard InChI is InChI=1S/C14H21N3/c1-5-15-11(4)14-16-12-8-6-7-9-13(12)17(14)10(2)3/h6-11,15H,5H2,1-4H3. The number of nitrogens with one attached hydrogen (secondary N) is 1. The molecule has 0 aliphatic rings. The molecule has 0 amide bonds. The molecule has 0 bridgehead atoms. The zero-order valence-electron chi connectivity index (χ0n) is 11.1. The SMILES string of the molecule is CCNC(C)c1nc2ccccc2n1C(C)C. The fraction of sp³-hybridized carbons (Fsp3) is 0.500. The van der Waals surface area contributed by atoms with Crippen molar-refractivity contribution in [1.82, 2.24) is 14.9 Å². The van der Waals surface area contributed by atoms with Crippen molar-refractivity contribution in [3.63, 3.8) is 0 Å². The number of nitrogens with zero attached hydrogens (tertiary/aromatic N) is 2. The number of para-hydroxylation sites is 2. The number of rotatable bonds is 4. The molecule has 17 heavy (non-hydrogen) atoms. The summed E-state index contributed by atoms with van der Waals surface area (Å²) in [7, 11) is 0. The van der Waals surface area contributed by atoms with Crippen molar-refractivity contribution < 1.29 is 0 Å². The molecule has 3 heteroatoms. The Kier molecular flexibility index (Phi) is 3.48. The Morgan fingerprint density at radius 2 is 1.94 bits per heavy atom. The molecular weight excluding hydrogens is 210 g/mol. The molecule has 3 nitrogen and oxygen atoms in total. The molecular formula is C14H21N3. The molecule has 1 N–H and O–H groups in total. The van der Waals surface area contributed by atoms with E-state index in [1.54, 1.807) is 0 Å². The minimum atomic E-state index is 0.287. The fourth-order valence-corrected chi connectivity index (χ4v) is 2.31. The quantitative estimate of drug-likeness (QED) is 0.875. The summed E-state index contributed by atoms with van der Waals surface area (Å²) in [4.78, 5) is 4.75. The maximum atomic E-state index is 4.75. The second kappa shape index (κ2) is 4.88. The third-order valence-corrected chi connectivity index (χ3v) is 3.04. The lowest BCUT2D eigenvalue weighted by molar-refractivity contribution is 0.502. The van der Waals surface area contributed by atoms with Gasteiger partial charge < -0.3 is 9.88 Å². The highest BCUT2D eigenvalue weighted by atomic mass is 15.1. The lowest BCUT2D eigenvalue weighted by Gasteiger charge is -2.18. The minimum Gasteiger partial charge on any atom is -0.324 e. The van der Waals surface area contributed by atoms with Gasteiger partial charge >= 0.3 is 0 Å². The monoisotopic (exact) mass is 231 g/mol. The van der Waals surface area contributed by atoms with Crippen LogP contribution in [0, 0.1) is 0 Å². The molecule has 2 rings (SSSR count). The van der Waals surface area contributed by atoms with Crippen molar-refractivity contribution in [3.8, 4) is 0 Å². The van der Waals surface area contributed by atoms with Gasteiger partial charge in [-0.2, -0.15) is 0 Å². The van der Waals surface area contributed by atoms with E-state index in [2.05, 4.69) is 55.8 Å².